The van der Waals surface area contributed by atoms with Crippen molar-refractivity contribution in [1.29, 1.82) is 0 Å². The molecule has 0 aromatic heterocycles. The second kappa shape index (κ2) is 12.1. The lowest BCUT2D eigenvalue weighted by atomic mass is 9.84. The van der Waals surface area contributed by atoms with E-state index in [1.165, 1.54) is 0 Å². The largest absolute Gasteiger partial charge is 0.396 e. The SMILES string of the molecule is CN=C(NCCNC(=O)c1cccc(C)c1)NCC1(CCO)CCOC1.I. The van der Waals surface area contributed by atoms with E-state index >= 15 is 0 Å². The molecule has 1 fully saturated rings. The van der Waals surface area contributed by atoms with Gasteiger partial charge < -0.3 is 25.8 Å². The summed E-state index contributed by atoms with van der Waals surface area (Å²) in [6, 6.07) is 7.52. The van der Waals surface area contributed by atoms with Gasteiger partial charge in [0.25, 0.3) is 5.91 Å². The molecule has 2 rings (SSSR count). The monoisotopic (exact) mass is 490 g/mol. The number of nitrogens with zero attached hydrogens (tertiary/aromatic N) is 1. The first-order valence-electron chi connectivity index (χ1n) is 9.06. The molecule has 4 N–H and O–H groups in total. The Labute approximate surface area is 178 Å². The number of guanidine groups is 1. The topological polar surface area (TPSA) is 95.0 Å². The van der Waals surface area contributed by atoms with E-state index in [1.54, 1.807) is 13.1 Å². The smallest absolute Gasteiger partial charge is 0.251 e. The first kappa shape index (κ1) is 23.6. The Morgan fingerprint density at radius 1 is 1.30 bits per heavy atom. The third kappa shape index (κ3) is 7.63. The first-order chi connectivity index (χ1) is 12.6. The van der Waals surface area contributed by atoms with Crippen LogP contribution in [0.4, 0.5) is 0 Å². The van der Waals surface area contributed by atoms with Crippen molar-refractivity contribution < 1.29 is 14.6 Å². The molecule has 1 atom stereocenters. The van der Waals surface area contributed by atoms with Crippen molar-refractivity contribution >= 4 is 35.8 Å². The van der Waals surface area contributed by atoms with Crippen molar-refractivity contribution in [3.05, 3.63) is 35.4 Å². The van der Waals surface area contributed by atoms with Gasteiger partial charge in [0, 0.05) is 50.9 Å². The summed E-state index contributed by atoms with van der Waals surface area (Å²) in [5.41, 5.74) is 1.69. The maximum Gasteiger partial charge on any atom is 0.251 e. The van der Waals surface area contributed by atoms with Crippen LogP contribution >= 0.6 is 24.0 Å². The average molecular weight is 490 g/mol. The highest BCUT2D eigenvalue weighted by Gasteiger charge is 2.34. The van der Waals surface area contributed by atoms with E-state index in [9.17, 15) is 9.90 Å². The van der Waals surface area contributed by atoms with Crippen molar-refractivity contribution in [3.8, 4) is 0 Å². The maximum atomic E-state index is 12.1. The van der Waals surface area contributed by atoms with E-state index in [4.69, 9.17) is 4.74 Å². The summed E-state index contributed by atoms with van der Waals surface area (Å²) in [4.78, 5) is 16.3. The number of aliphatic hydroxyl groups is 1. The number of carbonyl (C=O) groups excluding carboxylic acids is 1. The molecule has 8 heteroatoms. The summed E-state index contributed by atoms with van der Waals surface area (Å²) in [5, 5.41) is 18.7. The van der Waals surface area contributed by atoms with Crippen molar-refractivity contribution in [2.45, 2.75) is 19.8 Å². The van der Waals surface area contributed by atoms with Crippen LogP contribution in [-0.4, -0.2) is 63.5 Å². The van der Waals surface area contributed by atoms with Crippen LogP contribution in [0.15, 0.2) is 29.3 Å². The van der Waals surface area contributed by atoms with Gasteiger partial charge >= 0.3 is 0 Å². The van der Waals surface area contributed by atoms with E-state index in [1.807, 2.05) is 25.1 Å². The van der Waals surface area contributed by atoms with Gasteiger partial charge in [-0.05, 0) is 31.9 Å². The summed E-state index contributed by atoms with van der Waals surface area (Å²) in [7, 11) is 1.71. The van der Waals surface area contributed by atoms with Gasteiger partial charge in [0.05, 0.1) is 6.61 Å². The fraction of sp³-hybridized carbons (Fsp3) is 0.579. The second-order valence-corrected chi connectivity index (χ2v) is 6.75. The van der Waals surface area contributed by atoms with Crippen LogP contribution in [0.5, 0.6) is 0 Å². The van der Waals surface area contributed by atoms with Gasteiger partial charge in [-0.25, -0.2) is 0 Å². The predicted molar refractivity (Wildman–Crippen MR) is 118 cm³/mol. The molecule has 7 nitrogen and oxygen atoms in total. The Balaban J connectivity index is 0.00000364. The van der Waals surface area contributed by atoms with E-state index in [2.05, 4.69) is 20.9 Å². The molecule has 0 aliphatic carbocycles. The van der Waals surface area contributed by atoms with Crippen molar-refractivity contribution in [2.24, 2.45) is 10.4 Å². The van der Waals surface area contributed by atoms with Gasteiger partial charge in [-0.2, -0.15) is 0 Å². The third-order valence-corrected chi connectivity index (χ3v) is 4.66. The van der Waals surface area contributed by atoms with Crippen LogP contribution in [0.1, 0.15) is 28.8 Å². The van der Waals surface area contributed by atoms with Crippen LogP contribution in [-0.2, 0) is 4.74 Å². The number of ether oxygens (including phenoxy) is 1. The van der Waals surface area contributed by atoms with E-state index in [0.717, 1.165) is 18.6 Å². The summed E-state index contributed by atoms with van der Waals surface area (Å²) in [5.74, 6) is 0.600. The Bertz CT molecular complexity index is 619. The molecule has 1 amide bonds. The minimum atomic E-state index is -0.0801. The molecule has 27 heavy (non-hydrogen) atoms. The number of aliphatic imine (C=N–C) groups is 1. The van der Waals surface area contributed by atoms with Crippen LogP contribution in [0, 0.1) is 12.3 Å². The molecule has 0 radical (unpaired) electrons. The summed E-state index contributed by atoms with van der Waals surface area (Å²) in [6.45, 7) is 5.28. The number of nitrogens with one attached hydrogen (secondary N) is 3. The quantitative estimate of drug-likeness (QED) is 0.191. The molecule has 1 aromatic rings. The normalized spacial score (nSPS) is 19.3. The summed E-state index contributed by atoms with van der Waals surface area (Å²) in [6.07, 6.45) is 1.65. The van der Waals surface area contributed by atoms with E-state index in [-0.39, 0.29) is 41.9 Å². The van der Waals surface area contributed by atoms with Gasteiger partial charge in [0.15, 0.2) is 5.96 Å². The highest BCUT2D eigenvalue weighted by atomic mass is 127. The number of hydrogen-bond acceptors (Lipinski definition) is 4. The number of halogens is 1. The Hall–Kier alpha value is -1.39. The highest BCUT2D eigenvalue weighted by molar-refractivity contribution is 14.0. The number of amides is 1. The van der Waals surface area contributed by atoms with E-state index < -0.39 is 0 Å². The minimum Gasteiger partial charge on any atom is -0.396 e. The minimum absolute atomic E-state index is 0. The Morgan fingerprint density at radius 2 is 2.07 bits per heavy atom. The van der Waals surface area contributed by atoms with Gasteiger partial charge in [-0.3, -0.25) is 9.79 Å². The molecule has 1 aliphatic heterocycles. The summed E-state index contributed by atoms with van der Waals surface area (Å²) < 4.78 is 5.50. The molecule has 1 aliphatic rings. The van der Waals surface area contributed by atoms with Gasteiger partial charge in [-0.1, -0.05) is 17.7 Å². The molecule has 1 heterocycles. The van der Waals surface area contributed by atoms with Crippen LogP contribution < -0.4 is 16.0 Å². The summed E-state index contributed by atoms with van der Waals surface area (Å²) >= 11 is 0. The third-order valence-electron chi connectivity index (χ3n) is 4.66. The van der Waals surface area contributed by atoms with Crippen molar-refractivity contribution in [3.63, 3.8) is 0 Å². The first-order valence-corrected chi connectivity index (χ1v) is 9.06. The number of aryl methyl sites for hydroxylation is 1. The molecule has 1 saturated heterocycles. The van der Waals surface area contributed by atoms with Gasteiger partial charge in [0.2, 0.25) is 0 Å². The lowest BCUT2D eigenvalue weighted by molar-refractivity contribution is 0.0954. The zero-order valence-corrected chi connectivity index (χ0v) is 18.4. The van der Waals surface area contributed by atoms with Crippen LogP contribution in [0.25, 0.3) is 0 Å². The van der Waals surface area contributed by atoms with Crippen molar-refractivity contribution in [2.75, 3.05) is 46.5 Å². The number of carbonyl (C=O) groups is 1. The predicted octanol–water partition coefficient (Wildman–Crippen LogP) is 1.30. The number of benzene rings is 1. The fourth-order valence-electron chi connectivity index (χ4n) is 3.05. The molecular weight excluding hydrogens is 459 g/mol. The number of rotatable bonds is 8. The Kier molecular flexibility index (Phi) is 10.6. The maximum absolute atomic E-state index is 12.1. The van der Waals surface area contributed by atoms with E-state index in [0.29, 0.717) is 44.2 Å². The molecular formula is C19H31IN4O3. The number of aliphatic hydroxyl groups excluding tert-OH is 1. The molecule has 0 saturated carbocycles. The molecule has 1 aromatic carbocycles. The molecule has 0 bridgehead atoms. The van der Waals surface area contributed by atoms with Gasteiger partial charge in [-0.15, -0.1) is 24.0 Å². The number of hydrogen-bond donors (Lipinski definition) is 4. The van der Waals surface area contributed by atoms with Crippen LogP contribution in [0.3, 0.4) is 0 Å². The zero-order chi connectivity index (χ0) is 18.8. The standard InChI is InChI=1S/C19H30N4O3.HI/c1-15-4-3-5-16(12-15)17(25)21-8-9-22-18(20-2)23-13-19(6-10-24)7-11-26-14-19;/h3-5,12,24H,6-11,13-14H2,1-2H3,(H,21,25)(H2,20,22,23);1H. The fourth-order valence-corrected chi connectivity index (χ4v) is 3.05. The Morgan fingerprint density at radius 3 is 2.70 bits per heavy atom. The zero-order valence-electron chi connectivity index (χ0n) is 16.1. The van der Waals surface area contributed by atoms with Crippen LogP contribution in [0.2, 0.25) is 0 Å². The lowest BCUT2D eigenvalue weighted by Crippen LogP contribution is -2.46. The molecule has 152 valence electrons. The second-order valence-electron chi connectivity index (χ2n) is 6.75. The molecule has 1 unspecified atom stereocenters. The lowest BCUT2D eigenvalue weighted by Gasteiger charge is -2.27. The van der Waals surface area contributed by atoms with Crippen molar-refractivity contribution in [1.82, 2.24) is 16.0 Å². The highest BCUT2D eigenvalue weighted by Crippen LogP contribution is 2.31. The van der Waals surface area contributed by atoms with Gasteiger partial charge in [0.1, 0.15) is 0 Å². The molecule has 0 spiro atoms. The average Bonchev–Trinajstić information content (AvgIpc) is 3.10.